The fourth-order valence-corrected chi connectivity index (χ4v) is 1.17. The lowest BCUT2D eigenvalue weighted by molar-refractivity contribution is -0.118. The number of nitrogens with two attached hydrogens (primary N) is 1. The van der Waals surface area contributed by atoms with Gasteiger partial charge in [-0.3, -0.25) is 9.78 Å². The molecule has 0 aliphatic rings. The van der Waals surface area contributed by atoms with E-state index in [1.165, 1.54) is 0 Å². The molecule has 0 aromatic carbocycles. The minimum absolute atomic E-state index is 0.275. The second kappa shape index (κ2) is 6.95. The first-order chi connectivity index (χ1) is 7.29. The number of amides is 1. The summed E-state index contributed by atoms with van der Waals surface area (Å²) in [6.07, 6.45) is 3.65. The summed E-state index contributed by atoms with van der Waals surface area (Å²) in [5, 5.41) is 0. The van der Waals surface area contributed by atoms with Crippen molar-refractivity contribution in [3.05, 3.63) is 30.1 Å². The molecule has 1 aromatic rings. The Kier molecular flexibility index (Phi) is 5.40. The number of primary amides is 1. The number of nitrogens with zero attached hydrogens (tertiary/aromatic N) is 1. The van der Waals surface area contributed by atoms with Crippen LogP contribution in [0.2, 0.25) is 0 Å². The Morgan fingerprint density at radius 2 is 2.27 bits per heavy atom. The van der Waals surface area contributed by atoms with Crippen molar-refractivity contribution in [1.82, 2.24) is 4.98 Å². The van der Waals surface area contributed by atoms with E-state index in [1.54, 1.807) is 6.20 Å². The molecule has 2 N–H and O–H groups in total. The van der Waals surface area contributed by atoms with Crippen LogP contribution in [0.5, 0.6) is 0 Å². The van der Waals surface area contributed by atoms with Gasteiger partial charge in [-0.2, -0.15) is 0 Å². The zero-order chi connectivity index (χ0) is 10.9. The second-order valence-electron chi connectivity index (χ2n) is 3.25. The standard InChI is InChI=1S/C11H16N2O2/c12-11(14)5-3-8-15-9-6-10-4-1-2-7-13-10/h1-2,4,7H,3,5-6,8-9H2,(H2,12,14). The lowest BCUT2D eigenvalue weighted by Crippen LogP contribution is -2.11. The van der Waals surface area contributed by atoms with E-state index >= 15 is 0 Å². The highest BCUT2D eigenvalue weighted by atomic mass is 16.5. The van der Waals surface area contributed by atoms with Crippen LogP contribution >= 0.6 is 0 Å². The summed E-state index contributed by atoms with van der Waals surface area (Å²) < 4.78 is 5.34. The van der Waals surface area contributed by atoms with Crippen LogP contribution in [0.3, 0.4) is 0 Å². The maximum absolute atomic E-state index is 10.4. The Morgan fingerprint density at radius 1 is 1.40 bits per heavy atom. The van der Waals surface area contributed by atoms with Crippen LogP contribution in [0.4, 0.5) is 0 Å². The summed E-state index contributed by atoms with van der Waals surface area (Å²) in [6.45, 7) is 1.21. The maximum atomic E-state index is 10.4. The van der Waals surface area contributed by atoms with Gasteiger partial charge in [-0.05, 0) is 18.6 Å². The van der Waals surface area contributed by atoms with Crippen molar-refractivity contribution in [3.63, 3.8) is 0 Å². The van der Waals surface area contributed by atoms with Crippen LogP contribution in [0.15, 0.2) is 24.4 Å². The lowest BCUT2D eigenvalue weighted by atomic mass is 10.3. The number of hydrogen-bond acceptors (Lipinski definition) is 3. The molecule has 1 heterocycles. The molecule has 15 heavy (non-hydrogen) atoms. The van der Waals surface area contributed by atoms with E-state index in [0.717, 1.165) is 12.1 Å². The molecule has 0 unspecified atom stereocenters. The number of pyridine rings is 1. The molecule has 82 valence electrons. The van der Waals surface area contributed by atoms with Gasteiger partial charge in [-0.15, -0.1) is 0 Å². The molecule has 1 rings (SSSR count). The Balaban J connectivity index is 2.00. The van der Waals surface area contributed by atoms with E-state index in [2.05, 4.69) is 4.98 Å². The number of carbonyl (C=O) groups excluding carboxylic acids is 1. The van der Waals surface area contributed by atoms with E-state index in [-0.39, 0.29) is 5.91 Å². The number of rotatable bonds is 7. The normalized spacial score (nSPS) is 10.1. The summed E-state index contributed by atoms with van der Waals surface area (Å²) in [6, 6.07) is 5.80. The molecule has 1 aromatic heterocycles. The van der Waals surface area contributed by atoms with E-state index in [1.807, 2.05) is 18.2 Å². The SMILES string of the molecule is NC(=O)CCCOCCc1ccccn1. The van der Waals surface area contributed by atoms with E-state index < -0.39 is 0 Å². The Bertz CT molecular complexity index is 288. The van der Waals surface area contributed by atoms with Gasteiger partial charge in [-0.25, -0.2) is 0 Å². The predicted octanol–water partition coefficient (Wildman–Crippen LogP) is 0.906. The molecule has 0 aliphatic heterocycles. The molecule has 0 aliphatic carbocycles. The first kappa shape index (κ1) is 11.7. The first-order valence-corrected chi connectivity index (χ1v) is 5.05. The van der Waals surface area contributed by atoms with Crippen LogP contribution in [-0.4, -0.2) is 24.1 Å². The van der Waals surface area contributed by atoms with Gasteiger partial charge >= 0.3 is 0 Å². The van der Waals surface area contributed by atoms with Gasteiger partial charge in [0, 0.05) is 31.3 Å². The van der Waals surface area contributed by atoms with Crippen molar-refractivity contribution in [2.24, 2.45) is 5.73 Å². The number of hydrogen-bond donors (Lipinski definition) is 1. The maximum Gasteiger partial charge on any atom is 0.217 e. The number of aromatic nitrogens is 1. The van der Waals surface area contributed by atoms with Crippen molar-refractivity contribution < 1.29 is 9.53 Å². The molecule has 0 atom stereocenters. The smallest absolute Gasteiger partial charge is 0.217 e. The van der Waals surface area contributed by atoms with Crippen molar-refractivity contribution in [3.8, 4) is 0 Å². The van der Waals surface area contributed by atoms with Crippen LogP contribution in [-0.2, 0) is 16.0 Å². The van der Waals surface area contributed by atoms with Crippen molar-refractivity contribution in [2.45, 2.75) is 19.3 Å². The van der Waals surface area contributed by atoms with Crippen LogP contribution in [0.1, 0.15) is 18.5 Å². The third kappa shape index (κ3) is 5.80. The zero-order valence-electron chi connectivity index (χ0n) is 8.69. The topological polar surface area (TPSA) is 65.2 Å². The van der Waals surface area contributed by atoms with E-state index in [4.69, 9.17) is 10.5 Å². The Morgan fingerprint density at radius 3 is 2.93 bits per heavy atom. The molecule has 4 heteroatoms. The third-order valence-corrected chi connectivity index (χ3v) is 1.94. The van der Waals surface area contributed by atoms with Crippen molar-refractivity contribution in [2.75, 3.05) is 13.2 Å². The summed E-state index contributed by atoms with van der Waals surface area (Å²) in [4.78, 5) is 14.6. The molecular weight excluding hydrogens is 192 g/mol. The average Bonchev–Trinajstić information content (AvgIpc) is 2.24. The molecule has 0 radical (unpaired) electrons. The molecule has 0 saturated carbocycles. The molecule has 1 amide bonds. The number of carbonyl (C=O) groups is 1. The van der Waals surface area contributed by atoms with E-state index in [0.29, 0.717) is 26.1 Å². The highest BCUT2D eigenvalue weighted by molar-refractivity contribution is 5.73. The summed E-state index contributed by atoms with van der Waals surface area (Å²) >= 11 is 0. The third-order valence-electron chi connectivity index (χ3n) is 1.94. The minimum Gasteiger partial charge on any atom is -0.381 e. The highest BCUT2D eigenvalue weighted by Crippen LogP contribution is 1.96. The van der Waals surface area contributed by atoms with Gasteiger partial charge in [0.15, 0.2) is 0 Å². The van der Waals surface area contributed by atoms with Crippen LogP contribution in [0, 0.1) is 0 Å². The fraction of sp³-hybridized carbons (Fsp3) is 0.455. The summed E-state index contributed by atoms with van der Waals surface area (Å²) in [5.41, 5.74) is 6.01. The minimum atomic E-state index is -0.275. The van der Waals surface area contributed by atoms with Gasteiger partial charge in [-0.1, -0.05) is 6.07 Å². The molecule has 0 saturated heterocycles. The van der Waals surface area contributed by atoms with Crippen molar-refractivity contribution in [1.29, 1.82) is 0 Å². The Labute approximate surface area is 89.5 Å². The zero-order valence-corrected chi connectivity index (χ0v) is 8.69. The summed E-state index contributed by atoms with van der Waals surface area (Å²) in [7, 11) is 0. The second-order valence-corrected chi connectivity index (χ2v) is 3.25. The monoisotopic (exact) mass is 208 g/mol. The molecule has 0 bridgehead atoms. The largest absolute Gasteiger partial charge is 0.381 e. The predicted molar refractivity (Wildman–Crippen MR) is 57.2 cm³/mol. The van der Waals surface area contributed by atoms with Gasteiger partial charge in [0.25, 0.3) is 0 Å². The number of ether oxygens (including phenoxy) is 1. The van der Waals surface area contributed by atoms with Crippen LogP contribution < -0.4 is 5.73 Å². The van der Waals surface area contributed by atoms with Gasteiger partial charge in [0.2, 0.25) is 5.91 Å². The fourth-order valence-electron chi connectivity index (χ4n) is 1.17. The Hall–Kier alpha value is -1.42. The molecular formula is C11H16N2O2. The average molecular weight is 208 g/mol. The van der Waals surface area contributed by atoms with Crippen molar-refractivity contribution >= 4 is 5.91 Å². The highest BCUT2D eigenvalue weighted by Gasteiger charge is 1.95. The lowest BCUT2D eigenvalue weighted by Gasteiger charge is -2.02. The molecule has 0 fully saturated rings. The van der Waals surface area contributed by atoms with E-state index in [9.17, 15) is 4.79 Å². The van der Waals surface area contributed by atoms with Gasteiger partial charge in [0.1, 0.15) is 0 Å². The van der Waals surface area contributed by atoms with Gasteiger partial charge in [0.05, 0.1) is 6.61 Å². The molecule has 4 nitrogen and oxygen atoms in total. The molecule has 0 spiro atoms. The first-order valence-electron chi connectivity index (χ1n) is 5.05. The van der Waals surface area contributed by atoms with Crippen LogP contribution in [0.25, 0.3) is 0 Å². The quantitative estimate of drug-likeness (QED) is 0.677. The van der Waals surface area contributed by atoms with Gasteiger partial charge < -0.3 is 10.5 Å². The summed E-state index contributed by atoms with van der Waals surface area (Å²) in [5.74, 6) is -0.275.